The predicted molar refractivity (Wildman–Crippen MR) is 62.0 cm³/mol. The minimum Gasteiger partial charge on any atom is -0.307 e. The normalized spacial score (nSPS) is 20.4. The molecule has 0 aliphatic carbocycles. The van der Waals surface area contributed by atoms with Crippen molar-refractivity contribution in [3.63, 3.8) is 0 Å². The zero-order valence-corrected chi connectivity index (χ0v) is 10.5. The quantitative estimate of drug-likeness (QED) is 0.891. The number of hydrogen-bond acceptors (Lipinski definition) is 4. The minimum absolute atomic E-state index is 0.0522. The highest BCUT2D eigenvalue weighted by Crippen LogP contribution is 2.15. The lowest BCUT2D eigenvalue weighted by atomic mass is 10.1. The van der Waals surface area contributed by atoms with E-state index in [4.69, 9.17) is 0 Å². The van der Waals surface area contributed by atoms with Gasteiger partial charge < -0.3 is 5.32 Å². The first-order valence-corrected chi connectivity index (χ1v) is 7.54. The Kier molecular flexibility index (Phi) is 3.96. The predicted octanol–water partition coefficient (Wildman–Crippen LogP) is 0.945. The van der Waals surface area contributed by atoms with E-state index in [0.717, 1.165) is 4.57 Å². The molecule has 1 saturated heterocycles. The van der Waals surface area contributed by atoms with Gasteiger partial charge in [-0.25, -0.2) is 13.4 Å². The molecule has 1 aliphatic heterocycles. The van der Waals surface area contributed by atoms with Gasteiger partial charge in [0.15, 0.2) is 0 Å². The second-order valence-electron chi connectivity index (χ2n) is 4.34. The van der Waals surface area contributed by atoms with Crippen LogP contribution in [0.25, 0.3) is 0 Å². The Morgan fingerprint density at radius 2 is 2.11 bits per heavy atom. The zero-order chi connectivity index (χ0) is 13.2. The molecule has 0 saturated carbocycles. The highest BCUT2D eigenvalue weighted by molar-refractivity contribution is 7.91. The molecule has 0 spiro atoms. The van der Waals surface area contributed by atoms with Crippen molar-refractivity contribution in [1.82, 2.24) is 14.9 Å². The smallest absolute Gasteiger partial charge is 0.307 e. The Morgan fingerprint density at radius 1 is 1.44 bits per heavy atom. The number of nitrogens with one attached hydrogen (secondary N) is 1. The van der Waals surface area contributed by atoms with Crippen LogP contribution in [0.4, 0.5) is 8.78 Å². The molecule has 1 aromatic rings. The fourth-order valence-electron chi connectivity index (χ4n) is 1.99. The van der Waals surface area contributed by atoms with Gasteiger partial charge in [-0.15, -0.1) is 0 Å². The molecule has 0 radical (unpaired) electrons. The van der Waals surface area contributed by atoms with E-state index in [2.05, 4.69) is 10.3 Å². The molecule has 1 aromatic heterocycles. The molecule has 18 heavy (non-hydrogen) atoms. The van der Waals surface area contributed by atoms with E-state index in [-0.39, 0.29) is 29.9 Å². The van der Waals surface area contributed by atoms with E-state index < -0.39 is 16.4 Å². The second-order valence-corrected chi connectivity index (χ2v) is 6.64. The van der Waals surface area contributed by atoms with Crippen LogP contribution in [0.1, 0.15) is 25.2 Å². The highest BCUT2D eigenvalue weighted by atomic mass is 32.2. The maximum Gasteiger partial charge on any atom is 0.319 e. The summed E-state index contributed by atoms with van der Waals surface area (Å²) in [6.07, 6.45) is 3.61. The first-order chi connectivity index (χ1) is 8.48. The molecule has 0 bridgehead atoms. The summed E-state index contributed by atoms with van der Waals surface area (Å²) in [7, 11) is -2.89. The lowest BCUT2D eigenvalue weighted by Crippen LogP contribution is -2.37. The molecule has 1 aliphatic rings. The number of sulfone groups is 1. The summed E-state index contributed by atoms with van der Waals surface area (Å²) in [5.41, 5.74) is 0. The van der Waals surface area contributed by atoms with Crippen LogP contribution >= 0.6 is 0 Å². The molecule has 0 amide bonds. The van der Waals surface area contributed by atoms with Crippen molar-refractivity contribution in [2.24, 2.45) is 0 Å². The third kappa shape index (κ3) is 3.26. The number of imidazole rings is 1. The van der Waals surface area contributed by atoms with E-state index in [1.807, 2.05) is 0 Å². The van der Waals surface area contributed by atoms with Gasteiger partial charge in [0.1, 0.15) is 15.7 Å². The first kappa shape index (κ1) is 13.4. The summed E-state index contributed by atoms with van der Waals surface area (Å²) in [5.74, 6) is 0.584. The lowest BCUT2D eigenvalue weighted by molar-refractivity contribution is 0.0664. The molecule has 2 heterocycles. The number of nitrogens with zero attached hydrogens (tertiary/aromatic N) is 2. The van der Waals surface area contributed by atoms with Gasteiger partial charge in [-0.3, -0.25) is 4.57 Å². The average Bonchev–Trinajstić information content (AvgIpc) is 2.76. The van der Waals surface area contributed by atoms with Crippen LogP contribution in [0.15, 0.2) is 12.4 Å². The molecule has 1 fully saturated rings. The molecule has 0 atom stereocenters. The van der Waals surface area contributed by atoms with Gasteiger partial charge in [0.2, 0.25) is 0 Å². The van der Waals surface area contributed by atoms with Crippen LogP contribution in [0, 0.1) is 0 Å². The SMILES string of the molecule is O=S1(=O)CCC(NCc2nccn2C(F)F)CC1. The number of aromatic nitrogens is 2. The largest absolute Gasteiger partial charge is 0.319 e. The molecule has 5 nitrogen and oxygen atoms in total. The summed E-state index contributed by atoms with van der Waals surface area (Å²) < 4.78 is 48.3. The van der Waals surface area contributed by atoms with Gasteiger partial charge >= 0.3 is 6.55 Å². The fraction of sp³-hybridized carbons (Fsp3) is 0.700. The standard InChI is InChI=1S/C10H15F2N3O2S/c11-10(12)15-4-3-13-9(15)7-14-8-1-5-18(16,17)6-2-8/h3-4,8,10,14H,1-2,5-7H2. The van der Waals surface area contributed by atoms with Gasteiger partial charge in [-0.1, -0.05) is 0 Å². The summed E-state index contributed by atoms with van der Waals surface area (Å²) in [4.78, 5) is 3.85. The van der Waals surface area contributed by atoms with Crippen LogP contribution in [0.2, 0.25) is 0 Å². The maximum absolute atomic E-state index is 12.5. The van der Waals surface area contributed by atoms with Gasteiger partial charge in [0.05, 0.1) is 18.1 Å². The lowest BCUT2D eigenvalue weighted by Gasteiger charge is -2.23. The number of rotatable bonds is 4. The van der Waals surface area contributed by atoms with Crippen molar-refractivity contribution in [3.05, 3.63) is 18.2 Å². The van der Waals surface area contributed by atoms with Crippen molar-refractivity contribution in [1.29, 1.82) is 0 Å². The van der Waals surface area contributed by atoms with Crippen molar-refractivity contribution >= 4 is 9.84 Å². The average molecular weight is 279 g/mol. The highest BCUT2D eigenvalue weighted by Gasteiger charge is 2.23. The molecule has 0 aromatic carbocycles. The first-order valence-electron chi connectivity index (χ1n) is 5.71. The van der Waals surface area contributed by atoms with Crippen LogP contribution in [0.3, 0.4) is 0 Å². The second kappa shape index (κ2) is 5.31. The Balaban J connectivity index is 1.87. The van der Waals surface area contributed by atoms with Crippen molar-refractivity contribution in [2.75, 3.05) is 11.5 Å². The molecule has 1 N–H and O–H groups in total. The third-order valence-corrected chi connectivity index (χ3v) is 4.78. The zero-order valence-electron chi connectivity index (χ0n) is 9.72. The van der Waals surface area contributed by atoms with Crippen LogP contribution in [0.5, 0.6) is 0 Å². The number of hydrogen-bond donors (Lipinski definition) is 1. The Labute approximate surface area is 104 Å². The fourth-order valence-corrected chi connectivity index (χ4v) is 3.48. The minimum atomic E-state index is -2.89. The van der Waals surface area contributed by atoms with Crippen LogP contribution < -0.4 is 5.32 Å². The molecule has 8 heteroatoms. The van der Waals surface area contributed by atoms with Crippen LogP contribution in [-0.2, 0) is 16.4 Å². The summed E-state index contributed by atoms with van der Waals surface area (Å²) in [6, 6.07) is 0.0522. The molecule has 102 valence electrons. The van der Waals surface area contributed by atoms with Gasteiger partial charge in [0.25, 0.3) is 0 Å². The molecule has 0 unspecified atom stereocenters. The number of alkyl halides is 2. The van der Waals surface area contributed by atoms with Gasteiger partial charge in [-0.05, 0) is 12.8 Å². The maximum atomic E-state index is 12.5. The Hall–Kier alpha value is -1.02. The monoisotopic (exact) mass is 279 g/mol. The van der Waals surface area contributed by atoms with Crippen LogP contribution in [-0.4, -0.2) is 35.5 Å². The Morgan fingerprint density at radius 3 is 2.72 bits per heavy atom. The Bertz CT molecular complexity index is 487. The number of halogens is 2. The molecular formula is C10H15F2N3O2S. The van der Waals surface area contributed by atoms with E-state index in [9.17, 15) is 17.2 Å². The van der Waals surface area contributed by atoms with Gasteiger partial charge in [0, 0.05) is 18.4 Å². The molecule has 2 rings (SSSR count). The summed E-state index contributed by atoms with van der Waals surface area (Å²) in [6.45, 7) is -2.38. The van der Waals surface area contributed by atoms with E-state index in [0.29, 0.717) is 12.8 Å². The topological polar surface area (TPSA) is 64.0 Å². The van der Waals surface area contributed by atoms with E-state index in [1.54, 1.807) is 0 Å². The van der Waals surface area contributed by atoms with Gasteiger partial charge in [-0.2, -0.15) is 8.78 Å². The summed E-state index contributed by atoms with van der Waals surface area (Å²) in [5, 5.41) is 3.08. The molecular weight excluding hydrogens is 264 g/mol. The van der Waals surface area contributed by atoms with E-state index in [1.165, 1.54) is 12.4 Å². The third-order valence-electron chi connectivity index (χ3n) is 3.06. The van der Waals surface area contributed by atoms with Crippen molar-refractivity contribution in [2.45, 2.75) is 32.0 Å². The van der Waals surface area contributed by atoms with E-state index >= 15 is 0 Å². The summed E-state index contributed by atoms with van der Waals surface area (Å²) >= 11 is 0. The van der Waals surface area contributed by atoms with Crippen molar-refractivity contribution in [3.8, 4) is 0 Å². The van der Waals surface area contributed by atoms with Crippen molar-refractivity contribution < 1.29 is 17.2 Å².